The quantitative estimate of drug-likeness (QED) is 0.679. The minimum atomic E-state index is 0.251. The number of hydrogen-bond acceptors (Lipinski definition) is 2. The predicted molar refractivity (Wildman–Crippen MR) is 62.8 cm³/mol. The summed E-state index contributed by atoms with van der Waals surface area (Å²) in [5, 5.41) is 3.00. The number of rotatable bonds is 6. The topological polar surface area (TPSA) is 32.3 Å². The maximum Gasteiger partial charge on any atom is 0.220 e. The molecule has 1 rings (SSSR count). The number of carbonyl (C=O) groups excluding carboxylic acids is 1. The molecule has 1 aliphatic rings. The van der Waals surface area contributed by atoms with E-state index in [4.69, 9.17) is 0 Å². The molecule has 15 heavy (non-hydrogen) atoms. The molecule has 1 saturated carbocycles. The van der Waals surface area contributed by atoms with Crippen molar-refractivity contribution in [3.05, 3.63) is 0 Å². The zero-order valence-corrected chi connectivity index (χ0v) is 10.1. The third-order valence-electron chi connectivity index (χ3n) is 3.05. The predicted octanol–water partition coefficient (Wildman–Crippen LogP) is 1.63. The van der Waals surface area contributed by atoms with Crippen LogP contribution in [-0.2, 0) is 4.79 Å². The zero-order valence-electron chi connectivity index (χ0n) is 10.1. The van der Waals surface area contributed by atoms with E-state index >= 15 is 0 Å². The standard InChI is InChI=1S/C12H24N2O/c1-14(2)9-5-8-13-12(15)10-11-6-3-4-7-11/h11H,3-10H2,1-2H3,(H,13,15). The highest BCUT2D eigenvalue weighted by molar-refractivity contribution is 5.76. The smallest absolute Gasteiger partial charge is 0.220 e. The number of nitrogens with zero attached hydrogens (tertiary/aromatic N) is 1. The molecule has 1 N–H and O–H groups in total. The fraction of sp³-hybridized carbons (Fsp3) is 0.917. The molecule has 3 heteroatoms. The molecule has 0 aliphatic heterocycles. The summed E-state index contributed by atoms with van der Waals surface area (Å²) in [6, 6.07) is 0. The van der Waals surface area contributed by atoms with Crippen LogP contribution in [0.2, 0.25) is 0 Å². The summed E-state index contributed by atoms with van der Waals surface area (Å²) in [5.41, 5.74) is 0. The Labute approximate surface area is 93.2 Å². The van der Waals surface area contributed by atoms with Crippen molar-refractivity contribution in [3.8, 4) is 0 Å². The Kier molecular flexibility index (Phi) is 5.69. The van der Waals surface area contributed by atoms with Gasteiger partial charge in [-0.25, -0.2) is 0 Å². The molecule has 0 saturated heterocycles. The van der Waals surface area contributed by atoms with E-state index < -0.39 is 0 Å². The molecule has 0 unspecified atom stereocenters. The molecule has 88 valence electrons. The molecule has 3 nitrogen and oxygen atoms in total. The van der Waals surface area contributed by atoms with Crippen molar-refractivity contribution in [2.75, 3.05) is 27.2 Å². The lowest BCUT2D eigenvalue weighted by Gasteiger charge is -2.11. The number of nitrogens with one attached hydrogen (secondary N) is 1. The van der Waals surface area contributed by atoms with Crippen molar-refractivity contribution in [1.29, 1.82) is 0 Å². The molecule has 0 aromatic carbocycles. The van der Waals surface area contributed by atoms with Gasteiger partial charge in [-0.15, -0.1) is 0 Å². The lowest BCUT2D eigenvalue weighted by molar-refractivity contribution is -0.121. The van der Waals surface area contributed by atoms with Crippen LogP contribution in [0.15, 0.2) is 0 Å². The zero-order chi connectivity index (χ0) is 11.1. The van der Waals surface area contributed by atoms with E-state index in [-0.39, 0.29) is 5.91 Å². The van der Waals surface area contributed by atoms with Crippen LogP contribution < -0.4 is 5.32 Å². The molecule has 1 aliphatic carbocycles. The van der Waals surface area contributed by atoms with Gasteiger partial charge in [0.15, 0.2) is 0 Å². The van der Waals surface area contributed by atoms with Crippen LogP contribution in [-0.4, -0.2) is 38.0 Å². The van der Waals surface area contributed by atoms with Gasteiger partial charge in [0.25, 0.3) is 0 Å². The summed E-state index contributed by atoms with van der Waals surface area (Å²) in [5.74, 6) is 0.916. The molecule has 1 amide bonds. The molecule has 0 aromatic rings. The maximum atomic E-state index is 11.5. The normalized spacial score (nSPS) is 17.3. The highest BCUT2D eigenvalue weighted by Gasteiger charge is 2.17. The third kappa shape index (κ3) is 5.78. The summed E-state index contributed by atoms with van der Waals surface area (Å²) < 4.78 is 0. The number of amides is 1. The van der Waals surface area contributed by atoms with Crippen molar-refractivity contribution in [1.82, 2.24) is 10.2 Å². The summed E-state index contributed by atoms with van der Waals surface area (Å²) in [6.07, 6.45) is 6.94. The van der Waals surface area contributed by atoms with Crippen molar-refractivity contribution >= 4 is 5.91 Å². The Bertz CT molecular complexity index is 186. The van der Waals surface area contributed by atoms with Crippen LogP contribution in [0.5, 0.6) is 0 Å². The summed E-state index contributed by atoms with van der Waals surface area (Å²) in [7, 11) is 4.11. The highest BCUT2D eigenvalue weighted by Crippen LogP contribution is 2.27. The highest BCUT2D eigenvalue weighted by atomic mass is 16.1. The lowest BCUT2D eigenvalue weighted by atomic mass is 10.0. The first-order valence-corrected chi connectivity index (χ1v) is 6.10. The average Bonchev–Trinajstić information content (AvgIpc) is 2.64. The van der Waals surface area contributed by atoms with Gasteiger partial charge in [0, 0.05) is 13.0 Å². The van der Waals surface area contributed by atoms with Gasteiger partial charge >= 0.3 is 0 Å². The van der Waals surface area contributed by atoms with Crippen LogP contribution in [0, 0.1) is 5.92 Å². The first-order chi connectivity index (χ1) is 7.18. The summed E-state index contributed by atoms with van der Waals surface area (Å²) in [4.78, 5) is 13.7. The molecule has 0 aromatic heterocycles. The minimum Gasteiger partial charge on any atom is -0.356 e. The number of carbonyl (C=O) groups is 1. The van der Waals surface area contributed by atoms with Gasteiger partial charge in [0.05, 0.1) is 0 Å². The van der Waals surface area contributed by atoms with Crippen LogP contribution >= 0.6 is 0 Å². The molecule has 0 bridgehead atoms. The lowest BCUT2D eigenvalue weighted by Crippen LogP contribution is -2.28. The Morgan fingerprint density at radius 1 is 1.33 bits per heavy atom. The van der Waals surface area contributed by atoms with Gasteiger partial charge in [-0.3, -0.25) is 4.79 Å². The fourth-order valence-corrected chi connectivity index (χ4v) is 2.17. The Hall–Kier alpha value is -0.570. The second kappa shape index (κ2) is 6.83. The average molecular weight is 212 g/mol. The SMILES string of the molecule is CN(C)CCCNC(=O)CC1CCCC1. The van der Waals surface area contributed by atoms with Crippen LogP contribution in [0.1, 0.15) is 38.5 Å². The second-order valence-electron chi connectivity index (χ2n) is 4.86. The summed E-state index contributed by atoms with van der Waals surface area (Å²) in [6.45, 7) is 1.87. The van der Waals surface area contributed by atoms with Gasteiger partial charge in [0.2, 0.25) is 5.91 Å². The van der Waals surface area contributed by atoms with E-state index in [1.165, 1.54) is 25.7 Å². The Morgan fingerprint density at radius 2 is 2.00 bits per heavy atom. The van der Waals surface area contributed by atoms with Crippen molar-refractivity contribution in [2.45, 2.75) is 38.5 Å². The maximum absolute atomic E-state index is 11.5. The van der Waals surface area contributed by atoms with Gasteiger partial charge in [-0.2, -0.15) is 0 Å². The van der Waals surface area contributed by atoms with Crippen molar-refractivity contribution < 1.29 is 4.79 Å². The Morgan fingerprint density at radius 3 is 2.60 bits per heavy atom. The van der Waals surface area contributed by atoms with E-state index in [9.17, 15) is 4.79 Å². The molecule has 0 atom stereocenters. The van der Waals surface area contributed by atoms with Gasteiger partial charge in [-0.05, 0) is 45.8 Å². The third-order valence-corrected chi connectivity index (χ3v) is 3.05. The largest absolute Gasteiger partial charge is 0.356 e. The summed E-state index contributed by atoms with van der Waals surface area (Å²) >= 11 is 0. The van der Waals surface area contributed by atoms with Crippen LogP contribution in [0.4, 0.5) is 0 Å². The second-order valence-corrected chi connectivity index (χ2v) is 4.86. The first-order valence-electron chi connectivity index (χ1n) is 6.10. The Balaban J connectivity index is 1.98. The van der Waals surface area contributed by atoms with Gasteiger partial charge in [-0.1, -0.05) is 12.8 Å². The van der Waals surface area contributed by atoms with E-state index in [0.29, 0.717) is 5.92 Å². The van der Waals surface area contributed by atoms with Gasteiger partial charge in [0.1, 0.15) is 0 Å². The van der Waals surface area contributed by atoms with E-state index in [0.717, 1.165) is 25.9 Å². The van der Waals surface area contributed by atoms with Crippen molar-refractivity contribution in [3.63, 3.8) is 0 Å². The van der Waals surface area contributed by atoms with Crippen LogP contribution in [0.25, 0.3) is 0 Å². The van der Waals surface area contributed by atoms with E-state index in [2.05, 4.69) is 24.3 Å². The molecule has 1 fully saturated rings. The molecule has 0 radical (unpaired) electrons. The van der Waals surface area contributed by atoms with E-state index in [1.54, 1.807) is 0 Å². The minimum absolute atomic E-state index is 0.251. The first kappa shape index (κ1) is 12.5. The van der Waals surface area contributed by atoms with Crippen LogP contribution in [0.3, 0.4) is 0 Å². The van der Waals surface area contributed by atoms with Crippen molar-refractivity contribution in [2.24, 2.45) is 5.92 Å². The van der Waals surface area contributed by atoms with Gasteiger partial charge < -0.3 is 10.2 Å². The molecular weight excluding hydrogens is 188 g/mol. The molecule has 0 spiro atoms. The molecule has 0 heterocycles. The monoisotopic (exact) mass is 212 g/mol. The fourth-order valence-electron chi connectivity index (χ4n) is 2.17. The number of hydrogen-bond donors (Lipinski definition) is 1. The van der Waals surface area contributed by atoms with E-state index in [1.807, 2.05) is 0 Å². The molecular formula is C12H24N2O.